The number of amides is 1. The molecule has 1 aliphatic heterocycles. The predicted molar refractivity (Wildman–Crippen MR) is 97.4 cm³/mol. The Labute approximate surface area is 160 Å². The Bertz CT molecular complexity index is 1030. The van der Waals surface area contributed by atoms with Crippen LogP contribution in [0.4, 0.5) is 8.78 Å². The molecule has 1 saturated heterocycles. The van der Waals surface area contributed by atoms with Crippen molar-refractivity contribution in [2.24, 2.45) is 7.05 Å². The van der Waals surface area contributed by atoms with Gasteiger partial charge in [-0.1, -0.05) is 11.2 Å². The van der Waals surface area contributed by atoms with Crippen LogP contribution in [0.2, 0.25) is 0 Å². The zero-order valence-corrected chi connectivity index (χ0v) is 15.7. The first-order chi connectivity index (χ1) is 13.5. The second-order valence-electron chi connectivity index (χ2n) is 7.05. The summed E-state index contributed by atoms with van der Waals surface area (Å²) >= 11 is 0. The quantitative estimate of drug-likeness (QED) is 0.682. The summed E-state index contributed by atoms with van der Waals surface area (Å²) in [5, 5.41) is 8.48. The van der Waals surface area contributed by atoms with Gasteiger partial charge in [-0.3, -0.25) is 9.48 Å². The fraction of sp³-hybridized carbons (Fsp3) is 0.350. The van der Waals surface area contributed by atoms with E-state index in [2.05, 4.69) is 10.3 Å². The summed E-state index contributed by atoms with van der Waals surface area (Å²) in [6, 6.07) is 5.11. The SMILES string of the molecule is Cc1cc(-c2cn(C)nc2[C@H]2CCCCN2C(=O)c2cccc(F)c2F)on1. The third-order valence-corrected chi connectivity index (χ3v) is 5.01. The van der Waals surface area contributed by atoms with Gasteiger partial charge in [0.2, 0.25) is 0 Å². The number of rotatable bonds is 3. The number of benzene rings is 1. The number of aromatic nitrogens is 3. The topological polar surface area (TPSA) is 64.2 Å². The molecule has 0 N–H and O–H groups in total. The molecule has 0 unspecified atom stereocenters. The van der Waals surface area contributed by atoms with Crippen molar-refractivity contribution in [1.82, 2.24) is 19.8 Å². The molecule has 8 heteroatoms. The molecule has 1 amide bonds. The minimum absolute atomic E-state index is 0.264. The molecule has 1 aliphatic rings. The Hall–Kier alpha value is -3.03. The highest BCUT2D eigenvalue weighted by Gasteiger charge is 2.34. The van der Waals surface area contributed by atoms with Gasteiger partial charge in [-0.15, -0.1) is 0 Å². The Balaban J connectivity index is 1.74. The second-order valence-corrected chi connectivity index (χ2v) is 7.05. The van der Waals surface area contributed by atoms with E-state index >= 15 is 0 Å². The number of likely N-dealkylation sites (tertiary alicyclic amines) is 1. The average Bonchev–Trinajstić information content (AvgIpc) is 3.29. The minimum Gasteiger partial charge on any atom is -0.356 e. The van der Waals surface area contributed by atoms with Crippen LogP contribution in [0.25, 0.3) is 11.3 Å². The van der Waals surface area contributed by atoms with E-state index in [1.54, 1.807) is 16.6 Å². The van der Waals surface area contributed by atoms with E-state index in [4.69, 9.17) is 4.52 Å². The van der Waals surface area contributed by atoms with Crippen molar-refractivity contribution < 1.29 is 18.1 Å². The molecule has 0 radical (unpaired) electrons. The maximum atomic E-state index is 14.2. The molecule has 6 nitrogen and oxygen atoms in total. The zero-order chi connectivity index (χ0) is 19.8. The lowest BCUT2D eigenvalue weighted by Crippen LogP contribution is -2.39. The standard InChI is InChI=1S/C20H20F2N4O2/c1-12-10-17(28-24-12)14-11-25(2)23-19(14)16-8-3-4-9-26(16)20(27)13-6-5-7-15(21)18(13)22/h5-7,10-11,16H,3-4,8-9H2,1-2H3/t16-/m1/s1. The Kier molecular flexibility index (Phi) is 4.70. The van der Waals surface area contributed by atoms with Crippen molar-refractivity contribution in [3.05, 3.63) is 59.0 Å². The third-order valence-electron chi connectivity index (χ3n) is 5.01. The number of halogens is 2. The van der Waals surface area contributed by atoms with Crippen LogP contribution in [0.15, 0.2) is 35.0 Å². The molecular formula is C20H20F2N4O2. The van der Waals surface area contributed by atoms with Gasteiger partial charge in [0.05, 0.1) is 28.6 Å². The van der Waals surface area contributed by atoms with E-state index < -0.39 is 17.5 Å². The van der Waals surface area contributed by atoms with Gasteiger partial charge in [0.15, 0.2) is 17.4 Å². The summed E-state index contributed by atoms with van der Waals surface area (Å²) in [5.74, 6) is -2.12. The van der Waals surface area contributed by atoms with Crippen LogP contribution < -0.4 is 0 Å². The van der Waals surface area contributed by atoms with Crippen molar-refractivity contribution in [3.63, 3.8) is 0 Å². The minimum atomic E-state index is -1.12. The fourth-order valence-electron chi connectivity index (χ4n) is 3.71. The van der Waals surface area contributed by atoms with Gasteiger partial charge >= 0.3 is 0 Å². The molecule has 0 saturated carbocycles. The summed E-state index contributed by atoms with van der Waals surface area (Å²) < 4.78 is 34.9. The number of carbonyl (C=O) groups is 1. The lowest BCUT2D eigenvalue weighted by atomic mass is 9.95. The molecule has 146 valence electrons. The van der Waals surface area contributed by atoms with Crippen LogP contribution in [0, 0.1) is 18.6 Å². The van der Waals surface area contributed by atoms with Crippen molar-refractivity contribution in [3.8, 4) is 11.3 Å². The van der Waals surface area contributed by atoms with Crippen LogP contribution in [-0.2, 0) is 7.05 Å². The molecule has 4 rings (SSSR count). The number of hydrogen-bond donors (Lipinski definition) is 0. The Morgan fingerprint density at radius 1 is 1.29 bits per heavy atom. The van der Waals surface area contributed by atoms with Gasteiger partial charge in [0.25, 0.3) is 5.91 Å². The van der Waals surface area contributed by atoms with Gasteiger partial charge in [0.1, 0.15) is 0 Å². The molecule has 3 aromatic rings. The lowest BCUT2D eigenvalue weighted by molar-refractivity contribution is 0.0600. The second kappa shape index (κ2) is 7.18. The number of aryl methyl sites for hydroxylation is 2. The number of carbonyl (C=O) groups excluding carboxylic acids is 1. The molecule has 0 spiro atoms. The van der Waals surface area contributed by atoms with Crippen LogP contribution in [0.3, 0.4) is 0 Å². The van der Waals surface area contributed by atoms with Crippen molar-refractivity contribution in [2.75, 3.05) is 6.54 Å². The molecule has 28 heavy (non-hydrogen) atoms. The Morgan fingerprint density at radius 3 is 2.86 bits per heavy atom. The first-order valence-electron chi connectivity index (χ1n) is 9.18. The van der Waals surface area contributed by atoms with E-state index in [0.717, 1.165) is 30.2 Å². The molecule has 0 bridgehead atoms. The summed E-state index contributed by atoms with van der Waals surface area (Å²) in [6.45, 7) is 2.27. The van der Waals surface area contributed by atoms with E-state index in [1.165, 1.54) is 12.1 Å². The normalized spacial score (nSPS) is 17.1. The average molecular weight is 386 g/mol. The van der Waals surface area contributed by atoms with Crippen LogP contribution in [-0.4, -0.2) is 32.3 Å². The molecule has 2 aromatic heterocycles. The monoisotopic (exact) mass is 386 g/mol. The predicted octanol–water partition coefficient (Wildman–Crippen LogP) is 4.03. The summed E-state index contributed by atoms with van der Waals surface area (Å²) in [5.41, 5.74) is 1.89. The van der Waals surface area contributed by atoms with Crippen LogP contribution in [0.1, 0.15) is 47.1 Å². The molecule has 1 atom stereocenters. The number of nitrogens with zero attached hydrogens (tertiary/aromatic N) is 4. The van der Waals surface area contributed by atoms with E-state index in [-0.39, 0.29) is 11.6 Å². The number of piperidine rings is 1. The van der Waals surface area contributed by atoms with Gasteiger partial charge in [-0.2, -0.15) is 5.10 Å². The highest BCUT2D eigenvalue weighted by molar-refractivity contribution is 5.95. The van der Waals surface area contributed by atoms with Crippen molar-refractivity contribution >= 4 is 5.91 Å². The van der Waals surface area contributed by atoms with Gasteiger partial charge in [-0.25, -0.2) is 8.78 Å². The third kappa shape index (κ3) is 3.19. The summed E-state index contributed by atoms with van der Waals surface area (Å²) in [4.78, 5) is 14.6. The Morgan fingerprint density at radius 2 is 2.11 bits per heavy atom. The fourth-order valence-corrected chi connectivity index (χ4v) is 3.71. The largest absolute Gasteiger partial charge is 0.356 e. The maximum absolute atomic E-state index is 14.2. The van der Waals surface area contributed by atoms with Gasteiger partial charge in [0, 0.05) is 25.9 Å². The smallest absolute Gasteiger partial charge is 0.257 e. The molecule has 1 aromatic carbocycles. The van der Waals surface area contributed by atoms with Gasteiger partial charge in [-0.05, 0) is 38.3 Å². The first kappa shape index (κ1) is 18.3. The highest BCUT2D eigenvalue weighted by atomic mass is 19.2. The van der Waals surface area contributed by atoms with Crippen molar-refractivity contribution in [2.45, 2.75) is 32.2 Å². The highest BCUT2D eigenvalue weighted by Crippen LogP contribution is 2.37. The van der Waals surface area contributed by atoms with Crippen LogP contribution in [0.5, 0.6) is 0 Å². The first-order valence-corrected chi connectivity index (χ1v) is 9.18. The summed E-state index contributed by atoms with van der Waals surface area (Å²) in [6.07, 6.45) is 4.20. The van der Waals surface area contributed by atoms with E-state index in [0.29, 0.717) is 24.4 Å². The number of hydrogen-bond acceptors (Lipinski definition) is 4. The van der Waals surface area contributed by atoms with E-state index in [9.17, 15) is 13.6 Å². The van der Waals surface area contributed by atoms with Crippen molar-refractivity contribution in [1.29, 1.82) is 0 Å². The summed E-state index contributed by atoms with van der Waals surface area (Å²) in [7, 11) is 1.79. The molecule has 0 aliphatic carbocycles. The zero-order valence-electron chi connectivity index (χ0n) is 15.7. The molecule has 1 fully saturated rings. The molecular weight excluding hydrogens is 366 g/mol. The van der Waals surface area contributed by atoms with Crippen LogP contribution >= 0.6 is 0 Å². The maximum Gasteiger partial charge on any atom is 0.257 e. The van der Waals surface area contributed by atoms with E-state index in [1.807, 2.05) is 19.2 Å². The molecule has 3 heterocycles. The van der Waals surface area contributed by atoms with Gasteiger partial charge < -0.3 is 9.42 Å². The lowest BCUT2D eigenvalue weighted by Gasteiger charge is -2.35.